The lowest BCUT2D eigenvalue weighted by Crippen LogP contribution is -2.12. The van der Waals surface area contributed by atoms with Gasteiger partial charge in [0.05, 0.1) is 26.4 Å². The zero-order valence-corrected chi connectivity index (χ0v) is 15.4. The summed E-state index contributed by atoms with van der Waals surface area (Å²) in [6, 6.07) is 15.0. The average molecular weight is 372 g/mol. The number of aromatic nitrogens is 3. The van der Waals surface area contributed by atoms with Gasteiger partial charge in [-0.2, -0.15) is 0 Å². The molecule has 0 atom stereocenters. The minimum Gasteiger partial charge on any atom is -0.497 e. The smallest absolute Gasteiger partial charge is 0.210 e. The highest BCUT2D eigenvalue weighted by Crippen LogP contribution is 2.29. The Morgan fingerprint density at radius 3 is 2.42 bits per heavy atom. The topological polar surface area (TPSA) is 84.4 Å². The van der Waals surface area contributed by atoms with Crippen LogP contribution in [0, 0.1) is 0 Å². The first kappa shape index (κ1) is 17.9. The van der Waals surface area contributed by atoms with Crippen molar-refractivity contribution in [3.05, 3.63) is 48.5 Å². The Morgan fingerprint density at radius 1 is 0.962 bits per heavy atom. The van der Waals surface area contributed by atoms with Gasteiger partial charge < -0.3 is 20.1 Å². The highest BCUT2D eigenvalue weighted by Gasteiger charge is 2.15. The molecule has 0 aliphatic heterocycles. The standard InChI is InChI=1S/C18H20N4O3S/c1-23-13-7-9-14(10-8-13)25-11-12-26-18-21-20-17(22(18)19)15-5-3-4-6-16(15)24-2/h3-10H,11-12,19H2,1-2H3. The van der Waals surface area contributed by atoms with Crippen LogP contribution in [0.1, 0.15) is 0 Å². The Labute approximate surface area is 156 Å². The van der Waals surface area contributed by atoms with Crippen molar-refractivity contribution in [2.75, 3.05) is 32.4 Å². The molecule has 0 amide bonds. The minimum atomic E-state index is 0.522. The molecule has 3 rings (SSSR count). The molecule has 8 heteroatoms. The highest BCUT2D eigenvalue weighted by molar-refractivity contribution is 7.99. The molecule has 2 N–H and O–H groups in total. The summed E-state index contributed by atoms with van der Waals surface area (Å²) in [4.78, 5) is 0. The fourth-order valence-electron chi connectivity index (χ4n) is 2.35. The minimum absolute atomic E-state index is 0.522. The molecule has 0 saturated heterocycles. The first-order valence-corrected chi connectivity index (χ1v) is 8.95. The van der Waals surface area contributed by atoms with E-state index in [1.54, 1.807) is 14.2 Å². The highest BCUT2D eigenvalue weighted by atomic mass is 32.2. The van der Waals surface area contributed by atoms with Crippen LogP contribution in [-0.2, 0) is 0 Å². The average Bonchev–Trinajstić information content (AvgIpc) is 3.06. The number of nitrogen functional groups attached to an aromatic ring is 1. The number of nitrogens with two attached hydrogens (primary N) is 1. The van der Waals surface area contributed by atoms with E-state index in [1.165, 1.54) is 16.4 Å². The van der Waals surface area contributed by atoms with Gasteiger partial charge in [-0.3, -0.25) is 0 Å². The second-order valence-corrected chi connectivity index (χ2v) is 6.31. The van der Waals surface area contributed by atoms with Gasteiger partial charge in [0, 0.05) is 5.75 Å². The SMILES string of the molecule is COc1ccc(OCCSc2nnc(-c3ccccc3OC)n2N)cc1. The zero-order valence-electron chi connectivity index (χ0n) is 14.6. The van der Waals surface area contributed by atoms with Crippen LogP contribution in [0.5, 0.6) is 17.2 Å². The lowest BCUT2D eigenvalue weighted by atomic mass is 10.2. The third-order valence-electron chi connectivity index (χ3n) is 3.66. The van der Waals surface area contributed by atoms with Crippen molar-refractivity contribution in [1.82, 2.24) is 14.9 Å². The summed E-state index contributed by atoms with van der Waals surface area (Å²) in [5, 5.41) is 8.96. The lowest BCUT2D eigenvalue weighted by Gasteiger charge is -2.08. The predicted octanol–water partition coefficient (Wildman–Crippen LogP) is 2.85. The summed E-state index contributed by atoms with van der Waals surface area (Å²) < 4.78 is 17.6. The van der Waals surface area contributed by atoms with Crippen LogP contribution in [0.3, 0.4) is 0 Å². The molecule has 0 aliphatic carbocycles. The molecule has 0 fully saturated rings. The molecular formula is C18H20N4O3S. The maximum absolute atomic E-state index is 6.14. The summed E-state index contributed by atoms with van der Waals surface area (Å²) in [6.45, 7) is 0.522. The Hall–Kier alpha value is -2.87. The third-order valence-corrected chi connectivity index (χ3v) is 4.56. The van der Waals surface area contributed by atoms with Crippen molar-refractivity contribution in [3.8, 4) is 28.6 Å². The summed E-state index contributed by atoms with van der Waals surface area (Å²) >= 11 is 1.48. The molecule has 1 heterocycles. The number of rotatable bonds is 8. The van der Waals surface area contributed by atoms with Crippen molar-refractivity contribution >= 4 is 11.8 Å². The molecule has 1 aromatic heterocycles. The van der Waals surface area contributed by atoms with E-state index in [0.29, 0.717) is 29.1 Å². The quantitative estimate of drug-likeness (QED) is 0.370. The summed E-state index contributed by atoms with van der Waals surface area (Å²) in [5.41, 5.74) is 0.798. The van der Waals surface area contributed by atoms with Gasteiger partial charge in [-0.05, 0) is 36.4 Å². The van der Waals surface area contributed by atoms with Gasteiger partial charge in [-0.1, -0.05) is 23.9 Å². The van der Waals surface area contributed by atoms with Crippen molar-refractivity contribution in [3.63, 3.8) is 0 Å². The first-order valence-electron chi connectivity index (χ1n) is 7.96. The van der Waals surface area contributed by atoms with E-state index < -0.39 is 0 Å². The molecule has 0 saturated carbocycles. The van der Waals surface area contributed by atoms with Crippen LogP contribution in [0.4, 0.5) is 0 Å². The van der Waals surface area contributed by atoms with E-state index in [4.69, 9.17) is 20.1 Å². The summed E-state index contributed by atoms with van der Waals surface area (Å²) in [5.74, 6) is 9.67. The monoisotopic (exact) mass is 372 g/mol. The zero-order chi connectivity index (χ0) is 18.4. The van der Waals surface area contributed by atoms with Crippen LogP contribution in [-0.4, -0.2) is 41.5 Å². The van der Waals surface area contributed by atoms with E-state index in [0.717, 1.165) is 17.1 Å². The Balaban J connectivity index is 1.58. The van der Waals surface area contributed by atoms with Crippen molar-refractivity contribution in [2.24, 2.45) is 0 Å². The van der Waals surface area contributed by atoms with E-state index in [1.807, 2.05) is 48.5 Å². The number of hydrogen-bond acceptors (Lipinski definition) is 7. The van der Waals surface area contributed by atoms with Crippen molar-refractivity contribution in [1.29, 1.82) is 0 Å². The van der Waals surface area contributed by atoms with Gasteiger partial charge in [0.15, 0.2) is 5.82 Å². The first-order chi connectivity index (χ1) is 12.7. The maximum Gasteiger partial charge on any atom is 0.210 e. The molecule has 7 nitrogen and oxygen atoms in total. The Kier molecular flexibility index (Phi) is 5.85. The molecule has 0 spiro atoms. The number of methoxy groups -OCH3 is 2. The number of para-hydroxylation sites is 1. The van der Waals surface area contributed by atoms with Gasteiger partial charge in [0.25, 0.3) is 0 Å². The summed E-state index contributed by atoms with van der Waals surface area (Å²) in [6.07, 6.45) is 0. The van der Waals surface area contributed by atoms with E-state index in [2.05, 4.69) is 10.2 Å². The number of hydrogen-bond donors (Lipinski definition) is 1. The van der Waals surface area contributed by atoms with Crippen molar-refractivity contribution in [2.45, 2.75) is 5.16 Å². The van der Waals surface area contributed by atoms with Gasteiger partial charge in [0.2, 0.25) is 5.16 Å². The van der Waals surface area contributed by atoms with Gasteiger partial charge in [-0.25, -0.2) is 4.68 Å². The number of benzene rings is 2. The predicted molar refractivity (Wildman–Crippen MR) is 101 cm³/mol. The Bertz CT molecular complexity index is 852. The molecule has 2 aromatic carbocycles. The number of thioether (sulfide) groups is 1. The number of nitrogens with zero attached hydrogens (tertiary/aromatic N) is 3. The van der Waals surface area contributed by atoms with Crippen LogP contribution in [0.2, 0.25) is 0 Å². The molecule has 0 unspecified atom stereocenters. The third kappa shape index (κ3) is 4.02. The van der Waals surface area contributed by atoms with Gasteiger partial charge >= 0.3 is 0 Å². The fraction of sp³-hybridized carbons (Fsp3) is 0.222. The Morgan fingerprint density at radius 2 is 1.69 bits per heavy atom. The largest absolute Gasteiger partial charge is 0.497 e. The fourth-order valence-corrected chi connectivity index (χ4v) is 3.03. The molecule has 0 bridgehead atoms. The summed E-state index contributed by atoms with van der Waals surface area (Å²) in [7, 11) is 3.25. The van der Waals surface area contributed by atoms with Crippen LogP contribution >= 0.6 is 11.8 Å². The van der Waals surface area contributed by atoms with Gasteiger partial charge in [0.1, 0.15) is 17.2 Å². The molecule has 26 heavy (non-hydrogen) atoms. The van der Waals surface area contributed by atoms with Gasteiger partial charge in [-0.15, -0.1) is 10.2 Å². The van der Waals surface area contributed by atoms with Crippen LogP contribution in [0.25, 0.3) is 11.4 Å². The van der Waals surface area contributed by atoms with E-state index in [-0.39, 0.29) is 0 Å². The van der Waals surface area contributed by atoms with E-state index in [9.17, 15) is 0 Å². The number of ether oxygens (including phenoxy) is 3. The molecule has 3 aromatic rings. The van der Waals surface area contributed by atoms with E-state index >= 15 is 0 Å². The molecule has 0 aliphatic rings. The molecular weight excluding hydrogens is 352 g/mol. The second-order valence-electron chi connectivity index (χ2n) is 5.25. The molecule has 136 valence electrons. The normalized spacial score (nSPS) is 10.5. The van der Waals surface area contributed by atoms with Crippen molar-refractivity contribution < 1.29 is 14.2 Å². The van der Waals surface area contributed by atoms with Crippen LogP contribution in [0.15, 0.2) is 53.7 Å². The van der Waals surface area contributed by atoms with Crippen LogP contribution < -0.4 is 20.1 Å². The lowest BCUT2D eigenvalue weighted by molar-refractivity contribution is 0.342. The maximum atomic E-state index is 6.14. The molecule has 0 radical (unpaired) electrons. The second kappa shape index (κ2) is 8.48.